The number of carbonyl (C=O) groups excluding carboxylic acids is 1. The Balaban J connectivity index is 1.82. The van der Waals surface area contributed by atoms with Crippen molar-refractivity contribution in [1.82, 2.24) is 10.6 Å². The molecule has 0 saturated heterocycles. The quantitative estimate of drug-likeness (QED) is 0.838. The first kappa shape index (κ1) is 15.7. The van der Waals surface area contributed by atoms with Gasteiger partial charge in [-0.2, -0.15) is 0 Å². The molecular weight excluding hydrogens is 339 g/mol. The molecular formula is C15H16BrFN2O2. The minimum atomic E-state index is -0.393. The van der Waals surface area contributed by atoms with E-state index in [1.807, 2.05) is 0 Å². The molecule has 2 rings (SSSR count). The lowest BCUT2D eigenvalue weighted by molar-refractivity contribution is -0.123. The number of rotatable bonds is 6. The van der Waals surface area contributed by atoms with Crippen molar-refractivity contribution in [1.29, 1.82) is 0 Å². The maximum absolute atomic E-state index is 13.2. The number of furan rings is 1. The van der Waals surface area contributed by atoms with Crippen molar-refractivity contribution in [2.45, 2.75) is 26.1 Å². The van der Waals surface area contributed by atoms with E-state index < -0.39 is 6.04 Å². The van der Waals surface area contributed by atoms with Gasteiger partial charge in [0.2, 0.25) is 5.91 Å². The highest BCUT2D eigenvalue weighted by molar-refractivity contribution is 9.10. The average molecular weight is 355 g/mol. The standard InChI is InChI=1S/C15H16BrFN2O2/c1-10(15(20)19-9-13-3-2-6-21-13)18-8-11-7-12(17)4-5-14(11)16/h2-7,10,18H,8-9H2,1H3,(H,19,20). The molecule has 2 N–H and O–H groups in total. The summed E-state index contributed by atoms with van der Waals surface area (Å²) in [6.45, 7) is 2.50. The summed E-state index contributed by atoms with van der Waals surface area (Å²) in [6.07, 6.45) is 1.56. The Labute approximate surface area is 130 Å². The minimum Gasteiger partial charge on any atom is -0.467 e. The van der Waals surface area contributed by atoms with Crippen LogP contribution in [0, 0.1) is 5.82 Å². The van der Waals surface area contributed by atoms with E-state index in [0.29, 0.717) is 18.8 Å². The second kappa shape index (κ2) is 7.38. The molecule has 4 nitrogen and oxygen atoms in total. The van der Waals surface area contributed by atoms with Gasteiger partial charge in [0.15, 0.2) is 0 Å². The SMILES string of the molecule is CC(NCc1cc(F)ccc1Br)C(=O)NCc1ccco1. The van der Waals surface area contributed by atoms with Gasteiger partial charge in [-0.15, -0.1) is 0 Å². The number of nitrogens with one attached hydrogen (secondary N) is 2. The molecule has 1 aromatic heterocycles. The van der Waals surface area contributed by atoms with E-state index in [-0.39, 0.29) is 11.7 Å². The van der Waals surface area contributed by atoms with E-state index in [2.05, 4.69) is 26.6 Å². The van der Waals surface area contributed by atoms with Crippen molar-refractivity contribution in [3.8, 4) is 0 Å². The summed E-state index contributed by atoms with van der Waals surface area (Å²) in [5.41, 5.74) is 0.765. The molecule has 0 aliphatic rings. The van der Waals surface area contributed by atoms with Crippen molar-refractivity contribution in [3.63, 3.8) is 0 Å². The summed E-state index contributed by atoms with van der Waals surface area (Å²) in [6, 6.07) is 7.63. The number of amides is 1. The van der Waals surface area contributed by atoms with Crippen LogP contribution in [-0.2, 0) is 17.9 Å². The predicted molar refractivity (Wildman–Crippen MR) is 81.0 cm³/mol. The Bertz CT molecular complexity index is 602. The highest BCUT2D eigenvalue weighted by Gasteiger charge is 2.13. The molecule has 0 aliphatic heterocycles. The van der Waals surface area contributed by atoms with Crippen LogP contribution in [0.3, 0.4) is 0 Å². The summed E-state index contributed by atoms with van der Waals surface area (Å²) >= 11 is 3.35. The fourth-order valence-electron chi connectivity index (χ4n) is 1.78. The second-order valence-electron chi connectivity index (χ2n) is 4.64. The van der Waals surface area contributed by atoms with Gasteiger partial charge < -0.3 is 15.1 Å². The zero-order valence-corrected chi connectivity index (χ0v) is 13.1. The Hall–Kier alpha value is -1.66. The van der Waals surface area contributed by atoms with Crippen molar-refractivity contribution in [2.24, 2.45) is 0 Å². The molecule has 0 bridgehead atoms. The van der Waals surface area contributed by atoms with Crippen LogP contribution in [-0.4, -0.2) is 11.9 Å². The lowest BCUT2D eigenvalue weighted by Gasteiger charge is -2.14. The monoisotopic (exact) mass is 354 g/mol. The van der Waals surface area contributed by atoms with E-state index in [1.165, 1.54) is 12.1 Å². The molecule has 1 heterocycles. The first-order valence-electron chi connectivity index (χ1n) is 6.53. The zero-order chi connectivity index (χ0) is 15.2. The van der Waals surface area contributed by atoms with Crippen LogP contribution >= 0.6 is 15.9 Å². The van der Waals surface area contributed by atoms with Crippen LogP contribution in [0.2, 0.25) is 0 Å². The molecule has 1 unspecified atom stereocenters. The molecule has 0 spiro atoms. The van der Waals surface area contributed by atoms with Crippen LogP contribution in [0.1, 0.15) is 18.2 Å². The third-order valence-corrected chi connectivity index (χ3v) is 3.79. The fraction of sp³-hybridized carbons (Fsp3) is 0.267. The van der Waals surface area contributed by atoms with Gasteiger partial charge in [0, 0.05) is 11.0 Å². The van der Waals surface area contributed by atoms with Crippen molar-refractivity contribution < 1.29 is 13.6 Å². The van der Waals surface area contributed by atoms with E-state index in [1.54, 1.807) is 31.4 Å². The predicted octanol–water partition coefficient (Wildman–Crippen LogP) is 2.98. The fourth-order valence-corrected chi connectivity index (χ4v) is 2.16. The molecule has 6 heteroatoms. The maximum atomic E-state index is 13.2. The zero-order valence-electron chi connectivity index (χ0n) is 11.5. The van der Waals surface area contributed by atoms with Crippen LogP contribution < -0.4 is 10.6 Å². The number of benzene rings is 1. The van der Waals surface area contributed by atoms with E-state index >= 15 is 0 Å². The summed E-state index contributed by atoms with van der Waals surface area (Å²) in [5, 5.41) is 5.82. The molecule has 112 valence electrons. The van der Waals surface area contributed by atoms with E-state index in [9.17, 15) is 9.18 Å². The highest BCUT2D eigenvalue weighted by atomic mass is 79.9. The van der Waals surface area contributed by atoms with Gasteiger partial charge in [-0.3, -0.25) is 4.79 Å². The molecule has 0 radical (unpaired) electrons. The van der Waals surface area contributed by atoms with Gasteiger partial charge in [0.05, 0.1) is 18.8 Å². The van der Waals surface area contributed by atoms with Crippen LogP contribution in [0.25, 0.3) is 0 Å². The molecule has 1 amide bonds. The largest absolute Gasteiger partial charge is 0.467 e. The highest BCUT2D eigenvalue weighted by Crippen LogP contribution is 2.17. The van der Waals surface area contributed by atoms with Gasteiger partial charge >= 0.3 is 0 Å². The Kier molecular flexibility index (Phi) is 5.52. The third-order valence-electron chi connectivity index (χ3n) is 3.02. The first-order valence-corrected chi connectivity index (χ1v) is 7.33. The van der Waals surface area contributed by atoms with Crippen molar-refractivity contribution in [2.75, 3.05) is 0 Å². The molecule has 1 aromatic carbocycles. The Morgan fingerprint density at radius 1 is 1.38 bits per heavy atom. The van der Waals surface area contributed by atoms with Crippen LogP contribution in [0.15, 0.2) is 45.5 Å². The minimum absolute atomic E-state index is 0.140. The smallest absolute Gasteiger partial charge is 0.237 e. The molecule has 1 atom stereocenters. The summed E-state index contributed by atoms with van der Waals surface area (Å²) in [7, 11) is 0. The number of hydrogen-bond acceptors (Lipinski definition) is 3. The number of hydrogen-bond donors (Lipinski definition) is 2. The lowest BCUT2D eigenvalue weighted by atomic mass is 10.2. The van der Waals surface area contributed by atoms with Gasteiger partial charge in [-0.1, -0.05) is 15.9 Å². The van der Waals surface area contributed by atoms with Crippen molar-refractivity contribution >= 4 is 21.8 Å². The van der Waals surface area contributed by atoms with Gasteiger partial charge in [-0.25, -0.2) is 4.39 Å². The first-order chi connectivity index (χ1) is 10.1. The summed E-state index contributed by atoms with van der Waals surface area (Å²) < 4.78 is 19.1. The summed E-state index contributed by atoms with van der Waals surface area (Å²) in [4.78, 5) is 11.9. The lowest BCUT2D eigenvalue weighted by Crippen LogP contribution is -2.41. The van der Waals surface area contributed by atoms with Gasteiger partial charge in [-0.05, 0) is 42.8 Å². The Morgan fingerprint density at radius 3 is 2.90 bits per heavy atom. The second-order valence-corrected chi connectivity index (χ2v) is 5.49. The maximum Gasteiger partial charge on any atom is 0.237 e. The molecule has 21 heavy (non-hydrogen) atoms. The third kappa shape index (κ3) is 4.68. The van der Waals surface area contributed by atoms with Crippen molar-refractivity contribution in [3.05, 3.63) is 58.2 Å². The van der Waals surface area contributed by atoms with Crippen LogP contribution in [0.5, 0.6) is 0 Å². The normalized spacial score (nSPS) is 12.1. The number of halogens is 2. The molecule has 0 fully saturated rings. The molecule has 2 aromatic rings. The van der Waals surface area contributed by atoms with Crippen LogP contribution in [0.4, 0.5) is 4.39 Å². The van der Waals surface area contributed by atoms with E-state index in [4.69, 9.17) is 4.42 Å². The Morgan fingerprint density at radius 2 is 2.19 bits per heavy atom. The van der Waals surface area contributed by atoms with E-state index in [0.717, 1.165) is 10.0 Å². The van der Waals surface area contributed by atoms with Gasteiger partial charge in [0.25, 0.3) is 0 Å². The average Bonchev–Trinajstić information content (AvgIpc) is 2.98. The topological polar surface area (TPSA) is 54.3 Å². The van der Waals surface area contributed by atoms with Gasteiger partial charge in [0.1, 0.15) is 11.6 Å². The molecule has 0 aliphatic carbocycles. The number of carbonyl (C=O) groups is 1. The summed E-state index contributed by atoms with van der Waals surface area (Å²) in [5.74, 6) is 0.257. The molecule has 0 saturated carbocycles.